The minimum Gasteiger partial charge on any atom is -0.481 e. The van der Waals surface area contributed by atoms with Gasteiger partial charge in [-0.3, -0.25) is 4.79 Å². The Morgan fingerprint density at radius 2 is 1.64 bits per heavy atom. The van der Waals surface area contributed by atoms with E-state index in [9.17, 15) is 9.90 Å². The first-order valence-electron chi connectivity index (χ1n) is 5.57. The van der Waals surface area contributed by atoms with E-state index >= 15 is 0 Å². The molecule has 0 aromatic carbocycles. The highest BCUT2D eigenvalue weighted by Gasteiger charge is 2.37. The molecular weight excluding hydrogens is 180 g/mol. The molecule has 0 heterocycles. The van der Waals surface area contributed by atoms with Crippen molar-refractivity contribution < 1.29 is 15.0 Å². The topological polar surface area (TPSA) is 57.5 Å². The van der Waals surface area contributed by atoms with Crippen LogP contribution >= 0.6 is 0 Å². The third kappa shape index (κ3) is 1.92. The minimum atomic E-state index is -0.630. The lowest BCUT2D eigenvalue weighted by Crippen LogP contribution is -2.35. The number of aliphatic hydroxyl groups is 1. The Balaban J connectivity index is 1.94. The maximum atomic E-state index is 10.8. The van der Waals surface area contributed by atoms with Crippen molar-refractivity contribution in [2.75, 3.05) is 0 Å². The Bertz CT molecular complexity index is 227. The van der Waals surface area contributed by atoms with Gasteiger partial charge in [0.05, 0.1) is 12.0 Å². The maximum Gasteiger partial charge on any atom is 0.306 e. The number of carboxylic acid groups (broad SMARTS) is 1. The molecule has 0 amide bonds. The fourth-order valence-electron chi connectivity index (χ4n) is 3.09. The molecule has 2 fully saturated rings. The van der Waals surface area contributed by atoms with Gasteiger partial charge < -0.3 is 10.2 Å². The summed E-state index contributed by atoms with van der Waals surface area (Å²) in [5.41, 5.74) is 0. The molecule has 3 nitrogen and oxygen atoms in total. The summed E-state index contributed by atoms with van der Waals surface area (Å²) >= 11 is 0. The normalized spacial score (nSPS) is 42.9. The van der Waals surface area contributed by atoms with Crippen LogP contribution in [0.4, 0.5) is 0 Å². The van der Waals surface area contributed by atoms with E-state index in [1.807, 2.05) is 0 Å². The molecule has 0 radical (unpaired) electrons. The second-order valence-electron chi connectivity index (χ2n) is 4.84. The van der Waals surface area contributed by atoms with E-state index in [0.717, 1.165) is 38.5 Å². The molecule has 80 valence electrons. The van der Waals surface area contributed by atoms with Crippen molar-refractivity contribution in [1.82, 2.24) is 0 Å². The summed E-state index contributed by atoms with van der Waals surface area (Å²) in [6.45, 7) is 0. The summed E-state index contributed by atoms with van der Waals surface area (Å²) in [4.78, 5) is 10.8. The average Bonchev–Trinajstić information content (AvgIpc) is 2.16. The van der Waals surface area contributed by atoms with Crippen LogP contribution in [0.1, 0.15) is 38.5 Å². The largest absolute Gasteiger partial charge is 0.481 e. The van der Waals surface area contributed by atoms with Crippen molar-refractivity contribution in [2.45, 2.75) is 44.6 Å². The first-order valence-corrected chi connectivity index (χ1v) is 5.57. The third-order valence-electron chi connectivity index (χ3n) is 3.93. The molecule has 0 aromatic rings. The predicted octanol–water partition coefficient (Wildman–Crippen LogP) is 1.65. The molecule has 3 heteroatoms. The van der Waals surface area contributed by atoms with Gasteiger partial charge in [-0.05, 0) is 50.4 Å². The van der Waals surface area contributed by atoms with Crippen LogP contribution in [-0.2, 0) is 4.79 Å². The highest BCUT2D eigenvalue weighted by atomic mass is 16.4. The maximum absolute atomic E-state index is 10.8. The van der Waals surface area contributed by atoms with Crippen molar-refractivity contribution >= 4 is 5.97 Å². The quantitative estimate of drug-likeness (QED) is 0.673. The minimum absolute atomic E-state index is 0.119. The SMILES string of the molecule is O=C(O)C1CCC2CC(O)CCC2C1. The summed E-state index contributed by atoms with van der Waals surface area (Å²) in [6, 6.07) is 0. The Kier molecular flexibility index (Phi) is 2.77. The molecule has 0 saturated heterocycles. The molecule has 0 spiro atoms. The van der Waals surface area contributed by atoms with E-state index in [4.69, 9.17) is 5.11 Å². The van der Waals surface area contributed by atoms with Crippen molar-refractivity contribution in [1.29, 1.82) is 0 Å². The number of rotatable bonds is 1. The van der Waals surface area contributed by atoms with Crippen molar-refractivity contribution in [3.05, 3.63) is 0 Å². The zero-order valence-electron chi connectivity index (χ0n) is 8.35. The lowest BCUT2D eigenvalue weighted by molar-refractivity contribution is -0.144. The van der Waals surface area contributed by atoms with E-state index < -0.39 is 5.97 Å². The predicted molar refractivity (Wildman–Crippen MR) is 51.8 cm³/mol. The molecule has 4 atom stereocenters. The summed E-state index contributed by atoms with van der Waals surface area (Å²) in [7, 11) is 0. The molecule has 0 aliphatic heterocycles. The first-order chi connectivity index (χ1) is 6.66. The van der Waals surface area contributed by atoms with Crippen molar-refractivity contribution in [2.24, 2.45) is 17.8 Å². The van der Waals surface area contributed by atoms with Crippen molar-refractivity contribution in [3.8, 4) is 0 Å². The van der Waals surface area contributed by atoms with Crippen LogP contribution in [0.2, 0.25) is 0 Å². The molecule has 2 rings (SSSR count). The number of fused-ring (bicyclic) bond motifs is 1. The Labute approximate surface area is 84.1 Å². The van der Waals surface area contributed by atoms with Gasteiger partial charge in [0.1, 0.15) is 0 Å². The van der Waals surface area contributed by atoms with Gasteiger partial charge in [-0.25, -0.2) is 0 Å². The zero-order valence-corrected chi connectivity index (χ0v) is 8.35. The van der Waals surface area contributed by atoms with Gasteiger partial charge in [-0.1, -0.05) is 0 Å². The van der Waals surface area contributed by atoms with Gasteiger partial charge in [0.15, 0.2) is 0 Å². The van der Waals surface area contributed by atoms with Crippen LogP contribution in [0, 0.1) is 17.8 Å². The lowest BCUT2D eigenvalue weighted by Gasteiger charge is -2.39. The van der Waals surface area contributed by atoms with E-state index in [2.05, 4.69) is 0 Å². The number of carbonyl (C=O) groups is 1. The zero-order chi connectivity index (χ0) is 10.1. The molecule has 0 bridgehead atoms. The average molecular weight is 198 g/mol. The van der Waals surface area contributed by atoms with Crippen LogP contribution in [0.25, 0.3) is 0 Å². The summed E-state index contributed by atoms with van der Waals surface area (Å²) in [5.74, 6) is 0.406. The first kappa shape index (κ1) is 9.97. The fourth-order valence-corrected chi connectivity index (χ4v) is 3.09. The van der Waals surface area contributed by atoms with Gasteiger partial charge in [-0.15, -0.1) is 0 Å². The third-order valence-corrected chi connectivity index (χ3v) is 3.93. The Hall–Kier alpha value is -0.570. The van der Waals surface area contributed by atoms with Gasteiger partial charge in [-0.2, -0.15) is 0 Å². The molecule has 2 aliphatic carbocycles. The molecular formula is C11H18O3. The summed E-state index contributed by atoms with van der Waals surface area (Å²) < 4.78 is 0. The number of carboxylic acids is 1. The van der Waals surface area contributed by atoms with Gasteiger partial charge >= 0.3 is 5.97 Å². The summed E-state index contributed by atoms with van der Waals surface area (Å²) in [6.07, 6.45) is 5.31. The van der Waals surface area contributed by atoms with Crippen LogP contribution in [0.5, 0.6) is 0 Å². The number of aliphatic hydroxyl groups excluding tert-OH is 1. The number of hydrogen-bond donors (Lipinski definition) is 2. The van der Waals surface area contributed by atoms with Crippen LogP contribution in [0.3, 0.4) is 0 Å². The highest BCUT2D eigenvalue weighted by molar-refractivity contribution is 5.70. The Morgan fingerprint density at radius 1 is 1.00 bits per heavy atom. The standard InChI is InChI=1S/C11H18O3/c12-10-4-3-7-5-9(11(13)14)2-1-8(7)6-10/h7-10,12H,1-6H2,(H,13,14). The van der Waals surface area contributed by atoms with Crippen LogP contribution < -0.4 is 0 Å². The lowest BCUT2D eigenvalue weighted by atomic mass is 9.67. The van der Waals surface area contributed by atoms with E-state index in [0.29, 0.717) is 11.8 Å². The van der Waals surface area contributed by atoms with E-state index in [1.54, 1.807) is 0 Å². The smallest absolute Gasteiger partial charge is 0.306 e. The monoisotopic (exact) mass is 198 g/mol. The van der Waals surface area contributed by atoms with Gasteiger partial charge in [0.2, 0.25) is 0 Å². The fraction of sp³-hybridized carbons (Fsp3) is 0.909. The molecule has 4 unspecified atom stereocenters. The van der Waals surface area contributed by atoms with Crippen LogP contribution in [-0.4, -0.2) is 22.3 Å². The second-order valence-corrected chi connectivity index (χ2v) is 4.84. The second kappa shape index (κ2) is 3.89. The van der Waals surface area contributed by atoms with E-state index in [1.165, 1.54) is 0 Å². The molecule has 2 N–H and O–H groups in total. The number of hydrogen-bond acceptors (Lipinski definition) is 2. The number of aliphatic carboxylic acids is 1. The Morgan fingerprint density at radius 3 is 2.36 bits per heavy atom. The van der Waals surface area contributed by atoms with E-state index in [-0.39, 0.29) is 12.0 Å². The van der Waals surface area contributed by atoms with Gasteiger partial charge in [0.25, 0.3) is 0 Å². The molecule has 2 aliphatic rings. The van der Waals surface area contributed by atoms with Crippen LogP contribution in [0.15, 0.2) is 0 Å². The van der Waals surface area contributed by atoms with Crippen molar-refractivity contribution in [3.63, 3.8) is 0 Å². The molecule has 0 aromatic heterocycles. The molecule has 2 saturated carbocycles. The summed E-state index contributed by atoms with van der Waals surface area (Å²) in [5, 5.41) is 18.4. The highest BCUT2D eigenvalue weighted by Crippen LogP contribution is 2.42. The van der Waals surface area contributed by atoms with Gasteiger partial charge in [0, 0.05) is 0 Å². The molecule has 14 heavy (non-hydrogen) atoms.